The van der Waals surface area contributed by atoms with Gasteiger partial charge in [-0.2, -0.15) is 0 Å². The molecule has 0 atom stereocenters. The third-order valence-corrected chi connectivity index (χ3v) is 5.57. The lowest BCUT2D eigenvalue weighted by Crippen LogP contribution is -2.09. The molecule has 0 N–H and O–H groups in total. The number of ether oxygens (including phenoxy) is 1. The molecular formula is C18H28NO4P. The van der Waals surface area contributed by atoms with Crippen molar-refractivity contribution in [2.75, 3.05) is 20.3 Å². The SMILES string of the molecule is CCOP(=O)(OCC)C(=NC=C(CC)CC)c1ccc(OC)cc1. The molecule has 0 spiro atoms. The minimum absolute atomic E-state index is 0.282. The van der Waals surface area contributed by atoms with E-state index in [4.69, 9.17) is 13.8 Å². The number of benzene rings is 1. The molecule has 6 heteroatoms. The fraction of sp³-hybridized carbons (Fsp3) is 0.500. The van der Waals surface area contributed by atoms with E-state index in [-0.39, 0.29) is 13.2 Å². The van der Waals surface area contributed by atoms with Gasteiger partial charge in [0, 0.05) is 11.8 Å². The van der Waals surface area contributed by atoms with Crippen LogP contribution in [0.1, 0.15) is 46.1 Å². The molecular weight excluding hydrogens is 325 g/mol. The molecule has 0 heterocycles. The van der Waals surface area contributed by atoms with Crippen molar-refractivity contribution in [3.8, 4) is 5.75 Å². The number of methoxy groups -OCH3 is 1. The molecule has 134 valence electrons. The fourth-order valence-electron chi connectivity index (χ4n) is 2.13. The summed E-state index contributed by atoms with van der Waals surface area (Å²) in [6.07, 6.45) is 3.55. The summed E-state index contributed by atoms with van der Waals surface area (Å²) in [6, 6.07) is 7.23. The number of aliphatic imine (C=N–C) groups is 1. The Bertz CT molecular complexity index is 592. The highest BCUT2D eigenvalue weighted by molar-refractivity contribution is 7.73. The van der Waals surface area contributed by atoms with Gasteiger partial charge < -0.3 is 13.8 Å². The smallest absolute Gasteiger partial charge is 0.380 e. The highest BCUT2D eigenvalue weighted by Crippen LogP contribution is 2.52. The lowest BCUT2D eigenvalue weighted by molar-refractivity contribution is 0.232. The Morgan fingerprint density at radius 2 is 1.58 bits per heavy atom. The molecule has 24 heavy (non-hydrogen) atoms. The van der Waals surface area contributed by atoms with E-state index in [9.17, 15) is 4.57 Å². The second-order valence-electron chi connectivity index (χ2n) is 5.01. The van der Waals surface area contributed by atoms with Crippen molar-refractivity contribution in [1.29, 1.82) is 0 Å². The zero-order valence-electron chi connectivity index (χ0n) is 15.2. The topological polar surface area (TPSA) is 57.1 Å². The van der Waals surface area contributed by atoms with E-state index in [1.807, 2.05) is 12.1 Å². The standard InChI is InChI=1S/C18H28NO4P/c1-6-15(7-2)14-19-18(24(20,22-8-3)23-9-4)16-10-12-17(21-5)13-11-16/h10-14H,6-9H2,1-5H3. The van der Waals surface area contributed by atoms with Crippen LogP contribution in [-0.2, 0) is 13.6 Å². The van der Waals surface area contributed by atoms with Gasteiger partial charge in [0.25, 0.3) is 0 Å². The van der Waals surface area contributed by atoms with Crippen LogP contribution in [-0.4, -0.2) is 25.8 Å². The average Bonchev–Trinajstić information content (AvgIpc) is 2.59. The third-order valence-electron chi connectivity index (χ3n) is 3.48. The molecule has 5 nitrogen and oxygen atoms in total. The van der Waals surface area contributed by atoms with Crippen LogP contribution in [0.25, 0.3) is 0 Å². The van der Waals surface area contributed by atoms with Crippen LogP contribution < -0.4 is 4.74 Å². The zero-order valence-corrected chi connectivity index (χ0v) is 16.1. The van der Waals surface area contributed by atoms with E-state index in [2.05, 4.69) is 18.8 Å². The molecule has 1 rings (SSSR count). The zero-order chi connectivity index (χ0) is 18.0. The van der Waals surface area contributed by atoms with Crippen LogP contribution in [0, 0.1) is 0 Å². The molecule has 0 saturated carbocycles. The Balaban J connectivity index is 3.40. The minimum Gasteiger partial charge on any atom is -0.497 e. The van der Waals surface area contributed by atoms with Gasteiger partial charge in [0.15, 0.2) is 5.45 Å². The van der Waals surface area contributed by atoms with Crippen LogP contribution in [0.3, 0.4) is 0 Å². The summed E-state index contributed by atoms with van der Waals surface area (Å²) < 4.78 is 29.4. The number of hydrogen-bond donors (Lipinski definition) is 0. The van der Waals surface area contributed by atoms with Gasteiger partial charge in [-0.3, -0.25) is 4.57 Å². The summed E-state index contributed by atoms with van der Waals surface area (Å²) in [4.78, 5) is 4.50. The van der Waals surface area contributed by atoms with Crippen molar-refractivity contribution in [3.63, 3.8) is 0 Å². The predicted octanol–water partition coefficient (Wildman–Crippen LogP) is 5.41. The van der Waals surface area contributed by atoms with E-state index in [1.165, 1.54) is 5.57 Å². The molecule has 0 amide bonds. The highest BCUT2D eigenvalue weighted by Gasteiger charge is 2.32. The number of allylic oxidation sites excluding steroid dienone is 1. The summed E-state index contributed by atoms with van der Waals surface area (Å²) >= 11 is 0. The summed E-state index contributed by atoms with van der Waals surface area (Å²) in [5.41, 5.74) is 2.19. The van der Waals surface area contributed by atoms with Gasteiger partial charge in [-0.1, -0.05) is 19.4 Å². The number of nitrogens with zero attached hydrogens (tertiary/aromatic N) is 1. The first kappa shape index (κ1) is 20.6. The summed E-state index contributed by atoms with van der Waals surface area (Å²) in [6.45, 7) is 8.29. The van der Waals surface area contributed by atoms with Crippen molar-refractivity contribution in [1.82, 2.24) is 0 Å². The lowest BCUT2D eigenvalue weighted by Gasteiger charge is -2.19. The van der Waals surface area contributed by atoms with Crippen LogP contribution in [0.2, 0.25) is 0 Å². The largest absolute Gasteiger partial charge is 0.497 e. The molecule has 0 saturated heterocycles. The first-order chi connectivity index (χ1) is 11.5. The van der Waals surface area contributed by atoms with Gasteiger partial charge in [-0.05, 0) is 51.0 Å². The van der Waals surface area contributed by atoms with Crippen molar-refractivity contribution in [3.05, 3.63) is 41.6 Å². The Morgan fingerprint density at radius 1 is 1.04 bits per heavy atom. The second-order valence-corrected chi connectivity index (χ2v) is 6.94. The summed E-state index contributed by atoms with van der Waals surface area (Å²) in [7, 11) is -1.88. The van der Waals surface area contributed by atoms with Crippen molar-refractivity contribution in [2.24, 2.45) is 4.99 Å². The maximum atomic E-state index is 13.2. The lowest BCUT2D eigenvalue weighted by atomic mass is 10.2. The van der Waals surface area contributed by atoms with Gasteiger partial charge in [0.05, 0.1) is 20.3 Å². The number of rotatable bonds is 10. The molecule has 0 unspecified atom stereocenters. The molecule has 0 aromatic heterocycles. The summed E-state index contributed by atoms with van der Waals surface area (Å²) in [5.74, 6) is 0.721. The predicted molar refractivity (Wildman–Crippen MR) is 99.1 cm³/mol. The van der Waals surface area contributed by atoms with E-state index in [0.29, 0.717) is 11.0 Å². The normalized spacial score (nSPS) is 12.1. The van der Waals surface area contributed by atoms with E-state index in [1.54, 1.807) is 39.3 Å². The van der Waals surface area contributed by atoms with Crippen molar-refractivity contribution in [2.45, 2.75) is 40.5 Å². The Labute approximate surface area is 145 Å². The minimum atomic E-state index is -3.49. The summed E-state index contributed by atoms with van der Waals surface area (Å²) in [5, 5.41) is 0. The van der Waals surface area contributed by atoms with Crippen molar-refractivity contribution >= 4 is 13.0 Å². The monoisotopic (exact) mass is 353 g/mol. The van der Waals surface area contributed by atoms with Crippen LogP contribution in [0.15, 0.2) is 41.0 Å². The van der Waals surface area contributed by atoms with E-state index < -0.39 is 7.60 Å². The maximum Gasteiger partial charge on any atom is 0.380 e. The Hall–Kier alpha value is -1.42. The number of hydrogen-bond acceptors (Lipinski definition) is 5. The third kappa shape index (κ3) is 5.59. The van der Waals surface area contributed by atoms with Crippen LogP contribution >= 0.6 is 7.60 Å². The first-order valence-corrected chi connectivity index (χ1v) is 9.88. The van der Waals surface area contributed by atoms with Crippen LogP contribution in [0.5, 0.6) is 5.75 Å². The van der Waals surface area contributed by atoms with Gasteiger partial charge >= 0.3 is 7.60 Å². The molecule has 1 aromatic rings. The van der Waals surface area contributed by atoms with Gasteiger partial charge in [0.2, 0.25) is 0 Å². The Morgan fingerprint density at radius 3 is 2.00 bits per heavy atom. The average molecular weight is 353 g/mol. The first-order valence-electron chi connectivity index (χ1n) is 8.34. The maximum absolute atomic E-state index is 13.2. The Kier molecular flexibility index (Phi) is 8.98. The van der Waals surface area contributed by atoms with Crippen LogP contribution in [0.4, 0.5) is 0 Å². The van der Waals surface area contributed by atoms with Crippen molar-refractivity contribution < 1.29 is 18.3 Å². The molecule has 0 bridgehead atoms. The molecule has 1 aromatic carbocycles. The quantitative estimate of drug-likeness (QED) is 0.417. The van der Waals surface area contributed by atoms with Gasteiger partial charge in [-0.25, -0.2) is 4.99 Å². The van der Waals surface area contributed by atoms with E-state index >= 15 is 0 Å². The highest BCUT2D eigenvalue weighted by atomic mass is 31.2. The van der Waals surface area contributed by atoms with E-state index in [0.717, 1.165) is 18.6 Å². The molecule has 0 aliphatic carbocycles. The fourth-order valence-corrected chi connectivity index (χ4v) is 3.79. The van der Waals surface area contributed by atoms with Gasteiger partial charge in [-0.15, -0.1) is 0 Å². The molecule has 0 aliphatic heterocycles. The second kappa shape index (κ2) is 10.4. The molecule has 0 fully saturated rings. The van der Waals surface area contributed by atoms with Gasteiger partial charge in [0.1, 0.15) is 5.75 Å². The molecule has 0 radical (unpaired) electrons. The molecule has 0 aliphatic rings.